The van der Waals surface area contributed by atoms with Gasteiger partial charge in [0.05, 0.1) is 41.6 Å². The zero-order chi connectivity index (χ0) is 67.0. The number of piperidine rings is 1. The van der Waals surface area contributed by atoms with E-state index in [4.69, 9.17) is 20.9 Å². The molecule has 1 aliphatic heterocycles. The van der Waals surface area contributed by atoms with E-state index in [0.29, 0.717) is 16.8 Å². The van der Waals surface area contributed by atoms with E-state index in [-0.39, 0.29) is 86.2 Å². The number of carbonyl (C=O) groups is 8. The van der Waals surface area contributed by atoms with Crippen LogP contribution in [0.2, 0.25) is 0 Å². The molecule has 90 heavy (non-hydrogen) atoms. The molecule has 1 unspecified atom stereocenters. The minimum atomic E-state index is -4.30. The number of phenols is 2. The Balaban J connectivity index is 0.000000233. The van der Waals surface area contributed by atoms with Crippen molar-refractivity contribution in [1.29, 1.82) is 0 Å². The van der Waals surface area contributed by atoms with Crippen molar-refractivity contribution < 1.29 is 106 Å². The van der Waals surface area contributed by atoms with Gasteiger partial charge >= 0.3 is 18.2 Å². The summed E-state index contributed by atoms with van der Waals surface area (Å²) in [5.74, 6) is -19.7. The monoisotopic (exact) mass is 1270 g/mol. The molecular weight excluding hydrogens is 1190 g/mol. The minimum absolute atomic E-state index is 0.0133. The van der Waals surface area contributed by atoms with Crippen molar-refractivity contribution in [2.75, 3.05) is 80.1 Å². The number of carbonyl (C=O) groups excluding carboxylic acids is 8. The number of fused-ring (bicyclic) bond motifs is 6. The second-order valence-electron chi connectivity index (χ2n) is 24.3. The first-order valence-electron chi connectivity index (χ1n) is 28.7. The molecule has 1 heterocycles. The Kier molecular flexibility index (Phi) is 18.6. The van der Waals surface area contributed by atoms with Gasteiger partial charge in [0.2, 0.25) is 11.6 Å². The Morgan fingerprint density at radius 1 is 0.800 bits per heavy atom. The van der Waals surface area contributed by atoms with Crippen molar-refractivity contribution >= 4 is 64.2 Å². The molecule has 3 fully saturated rings. The van der Waals surface area contributed by atoms with Crippen LogP contribution in [-0.2, 0) is 62.5 Å². The number of ketones is 4. The zero-order valence-electron chi connectivity index (χ0n) is 50.6. The molecule has 0 spiro atoms. The van der Waals surface area contributed by atoms with Gasteiger partial charge in [0, 0.05) is 73.9 Å². The molecule has 6 aliphatic carbocycles. The highest BCUT2D eigenvalue weighted by Crippen LogP contribution is 2.58. The lowest BCUT2D eigenvalue weighted by atomic mass is 9.54. The van der Waals surface area contributed by atoms with Gasteiger partial charge in [0.15, 0.2) is 22.8 Å². The van der Waals surface area contributed by atoms with Gasteiger partial charge in [0.25, 0.3) is 11.8 Å². The predicted molar refractivity (Wildman–Crippen MR) is 310 cm³/mol. The van der Waals surface area contributed by atoms with Gasteiger partial charge in [0.1, 0.15) is 65.1 Å². The first-order valence-corrected chi connectivity index (χ1v) is 28.7. The van der Waals surface area contributed by atoms with Gasteiger partial charge in [-0.3, -0.25) is 48.3 Å². The van der Waals surface area contributed by atoms with E-state index >= 15 is 0 Å². The van der Waals surface area contributed by atoms with Crippen LogP contribution in [0.3, 0.4) is 0 Å². The maximum Gasteiger partial charge on any atom is 0.410 e. The summed E-state index contributed by atoms with van der Waals surface area (Å²) in [4.78, 5) is 112. The number of likely N-dealkylation sites (tertiary alicyclic amines) is 1. The van der Waals surface area contributed by atoms with E-state index in [0.717, 1.165) is 11.8 Å². The fraction of sp³-hybridized carbons (Fsp3) is 0.508. The first-order chi connectivity index (χ1) is 42.0. The van der Waals surface area contributed by atoms with Gasteiger partial charge in [-0.25, -0.2) is 9.18 Å². The van der Waals surface area contributed by atoms with E-state index in [9.17, 15) is 96.8 Å². The number of aliphatic hydroxyl groups excluding tert-OH is 4. The SMILES string of the molecule is C=CCN(Cc1cc(N(C)C)c2c(c1O)C(O)=C1C(=O)[C@]3(O)C(O)=C(C(N)=O)C(=O)[C@@H](N(C)C)[C@@H]3C[C@@H]1C2)C(=O)OCCF.CC(=O)O[C@@H]1[C@H]2[C@H](N(C)C)C(=O)C(C(N)=O)=C(O)[C@@]2(O)C(=O)C2=C(O)c3c(ccc(CN4CCC(C(F)(F)F)CC4)c3O)C(C)[C@H]21. The summed E-state index contributed by atoms with van der Waals surface area (Å²) >= 11 is 0. The summed E-state index contributed by atoms with van der Waals surface area (Å²) in [6, 6.07) is 2.09. The molecule has 2 aromatic rings. The lowest BCUT2D eigenvalue weighted by Crippen LogP contribution is -2.71. The maximum atomic E-state index is 14.3. The van der Waals surface area contributed by atoms with Crippen LogP contribution in [0.5, 0.6) is 11.5 Å². The molecular formula is C61H73F4N7O18. The number of amides is 3. The number of anilines is 1. The number of halogens is 4. The number of ether oxygens (including phenoxy) is 2. The summed E-state index contributed by atoms with van der Waals surface area (Å²) in [5, 5.41) is 92.2. The molecule has 1 saturated heterocycles. The lowest BCUT2D eigenvalue weighted by Gasteiger charge is -2.54. The minimum Gasteiger partial charge on any atom is -0.508 e. The van der Waals surface area contributed by atoms with Crippen molar-refractivity contribution in [2.45, 2.75) is 94.1 Å². The van der Waals surface area contributed by atoms with Crippen molar-refractivity contribution in [1.82, 2.24) is 19.6 Å². The number of hydrogen-bond donors (Lipinski definition) is 10. The number of aromatic hydroxyl groups is 2. The third kappa shape index (κ3) is 11.0. The van der Waals surface area contributed by atoms with Crippen LogP contribution in [0.1, 0.15) is 72.4 Å². The third-order valence-corrected chi connectivity index (χ3v) is 18.5. The number of rotatable bonds is 14. The van der Waals surface area contributed by atoms with E-state index in [1.807, 2.05) is 0 Å². The van der Waals surface area contributed by atoms with Crippen molar-refractivity contribution in [2.24, 2.45) is 41.1 Å². The van der Waals surface area contributed by atoms with Gasteiger partial charge in [-0.2, -0.15) is 13.2 Å². The summed E-state index contributed by atoms with van der Waals surface area (Å²) < 4.78 is 62.7. The normalized spacial score (nSPS) is 27.6. The highest BCUT2D eigenvalue weighted by atomic mass is 19.4. The Labute approximate surface area is 513 Å². The molecule has 29 heteroatoms. The molecule has 0 bridgehead atoms. The number of phenolic OH excluding ortho intramolecular Hbond substituents is 2. The average molecular weight is 1270 g/mol. The van der Waals surface area contributed by atoms with Crippen LogP contribution in [-0.4, -0.2) is 218 Å². The number of primary amides is 2. The van der Waals surface area contributed by atoms with E-state index in [1.165, 1.54) is 44.1 Å². The standard InChI is InChI=1S/C31H36F3N3O9.C30H37FN4O9/c1-12-16-6-5-14(11-37-9-7-15(8-10-37)31(32,33)34)23(39)18(16)24(40)19-17(12)26(46-13(2)38)21-22(36(3)4)25(41)20(29(35)44)28(43)30(21,45)27(19)42;1-6-8-35(29(42)44-9-7-31)13-15-12-18(33(2)3)16-10-14-11-17-22(34(4)5)25(38)21(28(32)41)27(40)30(17,43)26(39)19(14)24(37)20(16)23(15)36/h5-6,12,15,17,21-22,26,39-40,43,45H,7-11H2,1-4H3,(H2,35,44);6,12,14,17,22,36-37,40,43H,1,7-11,13H2,2-5H3,(H2,32,41)/t12?,17-,21-,22+,26+,30+;14-,17-,22-,30-/m10/s1. The topological polar surface area (TPSA) is 385 Å². The molecule has 12 N–H and O–H groups in total. The maximum absolute atomic E-state index is 14.3. The number of Topliss-reactive ketones (excluding diaryl/α,β-unsaturated/α-hetero) is 4. The molecule has 2 saturated carbocycles. The van der Waals surface area contributed by atoms with Crippen molar-refractivity contribution in [3.05, 3.63) is 98.0 Å². The van der Waals surface area contributed by atoms with Gasteiger partial charge < -0.3 is 71.6 Å². The zero-order valence-corrected chi connectivity index (χ0v) is 50.6. The summed E-state index contributed by atoms with van der Waals surface area (Å²) in [5.41, 5.74) is 3.70. The number of benzene rings is 2. The lowest BCUT2D eigenvalue weighted by molar-refractivity contribution is -0.185. The number of nitrogens with two attached hydrogens (primary N) is 2. The van der Waals surface area contributed by atoms with Crippen molar-refractivity contribution in [3.8, 4) is 11.5 Å². The van der Waals surface area contributed by atoms with Crippen LogP contribution in [0.4, 0.5) is 28.0 Å². The van der Waals surface area contributed by atoms with Crippen LogP contribution >= 0.6 is 0 Å². The van der Waals surface area contributed by atoms with Crippen LogP contribution < -0.4 is 16.4 Å². The second-order valence-corrected chi connectivity index (χ2v) is 24.3. The Bertz CT molecular complexity index is 3530. The molecule has 10 atom stereocenters. The highest BCUT2D eigenvalue weighted by molar-refractivity contribution is 6.26. The molecule has 2 aromatic carbocycles. The second kappa shape index (κ2) is 24.8. The van der Waals surface area contributed by atoms with E-state index in [2.05, 4.69) is 6.58 Å². The van der Waals surface area contributed by atoms with E-state index < -0.39 is 183 Å². The summed E-state index contributed by atoms with van der Waals surface area (Å²) in [6.07, 6.45) is -5.43. The highest BCUT2D eigenvalue weighted by Gasteiger charge is 2.70. The number of aliphatic hydroxyl groups is 6. The first kappa shape index (κ1) is 67.5. The van der Waals surface area contributed by atoms with Crippen LogP contribution in [0.25, 0.3) is 11.5 Å². The molecule has 25 nitrogen and oxygen atoms in total. The molecule has 7 aliphatic rings. The molecule has 9 rings (SSSR count). The fourth-order valence-electron chi connectivity index (χ4n) is 14.4. The Morgan fingerprint density at radius 2 is 1.34 bits per heavy atom. The third-order valence-electron chi connectivity index (χ3n) is 18.5. The number of esters is 1. The Hall–Kier alpha value is -8.38. The van der Waals surface area contributed by atoms with Gasteiger partial charge in [-0.1, -0.05) is 25.1 Å². The molecule has 0 aromatic heterocycles. The number of hydrogen-bond acceptors (Lipinski definition) is 22. The van der Waals surface area contributed by atoms with Crippen LogP contribution in [0.15, 0.2) is 64.7 Å². The number of alkyl halides is 4. The average Bonchev–Trinajstić information content (AvgIpc) is 0.696. The quantitative estimate of drug-likeness (QED) is 0.0562. The number of likely N-dealkylation sites (N-methyl/N-ethyl adjacent to an activating group) is 2. The smallest absolute Gasteiger partial charge is 0.410 e. The van der Waals surface area contributed by atoms with Gasteiger partial charge in [-0.05, 0) is 96.0 Å². The summed E-state index contributed by atoms with van der Waals surface area (Å²) in [6.45, 7) is 4.97. The molecule has 3 amide bonds. The van der Waals surface area contributed by atoms with E-state index in [1.54, 1.807) is 49.0 Å². The number of nitrogens with zero attached hydrogens (tertiary/aromatic N) is 5. The largest absolute Gasteiger partial charge is 0.508 e. The van der Waals surface area contributed by atoms with Gasteiger partial charge in [-0.15, -0.1) is 6.58 Å². The summed E-state index contributed by atoms with van der Waals surface area (Å²) in [7, 11) is 9.36. The van der Waals surface area contributed by atoms with Crippen LogP contribution in [0, 0.1) is 29.6 Å². The molecule has 488 valence electrons. The molecule has 0 radical (unpaired) electrons. The predicted octanol–water partition coefficient (Wildman–Crippen LogP) is 2.97. The Morgan fingerprint density at radius 3 is 1.87 bits per heavy atom. The fourth-order valence-corrected chi connectivity index (χ4v) is 14.4. The van der Waals surface area contributed by atoms with Crippen molar-refractivity contribution in [3.63, 3.8) is 0 Å².